The molecule has 0 aromatic carbocycles. The zero-order valence-corrected chi connectivity index (χ0v) is 12.9. The molecule has 2 heterocycles. The van der Waals surface area contributed by atoms with Gasteiger partial charge in [0.2, 0.25) is 0 Å². The molecule has 2 fully saturated rings. The molecule has 6 nitrogen and oxygen atoms in total. The molecule has 122 valence electrons. The summed E-state index contributed by atoms with van der Waals surface area (Å²) < 4.78 is 22.1. The molecule has 2 aliphatic rings. The fourth-order valence-electron chi connectivity index (χ4n) is 3.19. The summed E-state index contributed by atoms with van der Waals surface area (Å²) in [6, 6.07) is 0. The topological polar surface area (TPSA) is 74.2 Å². The monoisotopic (exact) mass is 302 g/mol. The van der Waals surface area contributed by atoms with Gasteiger partial charge in [-0.3, -0.25) is 0 Å². The molecule has 3 unspecified atom stereocenters. The van der Waals surface area contributed by atoms with Gasteiger partial charge in [-0.15, -0.1) is 0 Å². The normalized spacial score (nSPS) is 34.0. The second-order valence-electron chi connectivity index (χ2n) is 5.84. The first kappa shape index (κ1) is 16.7. The van der Waals surface area contributed by atoms with E-state index in [9.17, 15) is 4.79 Å². The van der Waals surface area contributed by atoms with E-state index in [2.05, 4.69) is 0 Å². The van der Waals surface area contributed by atoms with Crippen LogP contribution in [-0.2, 0) is 23.7 Å². The Bertz CT molecular complexity index is 339. The third kappa shape index (κ3) is 3.74. The number of hydrogen-bond donors (Lipinski definition) is 1. The summed E-state index contributed by atoms with van der Waals surface area (Å²) in [6.07, 6.45) is 3.11. The van der Waals surface area contributed by atoms with Crippen LogP contribution in [0.1, 0.15) is 39.0 Å². The Morgan fingerprint density at radius 3 is 2.67 bits per heavy atom. The first-order chi connectivity index (χ1) is 10.1. The lowest BCUT2D eigenvalue weighted by atomic mass is 9.78. The number of carbonyl (C=O) groups is 1. The third-order valence-electron chi connectivity index (χ3n) is 4.47. The lowest BCUT2D eigenvalue weighted by Gasteiger charge is -2.44. The molecule has 0 saturated carbocycles. The minimum atomic E-state index is -1.01. The van der Waals surface area contributed by atoms with Crippen LogP contribution in [0.3, 0.4) is 0 Å². The zero-order valence-electron chi connectivity index (χ0n) is 12.9. The molecular formula is C15H26O6. The first-order valence-electron chi connectivity index (χ1n) is 7.72. The number of methoxy groups -OCH3 is 1. The van der Waals surface area contributed by atoms with Crippen molar-refractivity contribution in [2.75, 3.05) is 26.9 Å². The number of aliphatic hydroxyl groups excluding tert-OH is 1. The van der Waals surface area contributed by atoms with Crippen LogP contribution < -0.4 is 0 Å². The van der Waals surface area contributed by atoms with Gasteiger partial charge < -0.3 is 24.1 Å². The molecule has 1 N–H and O–H groups in total. The highest BCUT2D eigenvalue weighted by Gasteiger charge is 2.52. The van der Waals surface area contributed by atoms with Crippen molar-refractivity contribution in [3.8, 4) is 0 Å². The van der Waals surface area contributed by atoms with E-state index in [4.69, 9.17) is 24.1 Å². The number of aliphatic hydroxyl groups is 1. The van der Waals surface area contributed by atoms with E-state index in [1.165, 1.54) is 7.11 Å². The number of esters is 1. The summed E-state index contributed by atoms with van der Waals surface area (Å²) in [4.78, 5) is 12.4. The molecule has 0 radical (unpaired) electrons. The van der Waals surface area contributed by atoms with Crippen LogP contribution in [0.5, 0.6) is 0 Å². The van der Waals surface area contributed by atoms with Gasteiger partial charge in [0, 0.05) is 13.0 Å². The quantitative estimate of drug-likeness (QED) is 0.744. The molecule has 0 aliphatic carbocycles. The molecule has 2 aliphatic heterocycles. The maximum absolute atomic E-state index is 12.4. The largest absolute Gasteiger partial charge is 0.467 e. The zero-order chi connectivity index (χ0) is 15.3. The Balaban J connectivity index is 2.12. The van der Waals surface area contributed by atoms with Crippen LogP contribution in [0, 0.1) is 5.92 Å². The van der Waals surface area contributed by atoms with Gasteiger partial charge >= 0.3 is 5.97 Å². The van der Waals surface area contributed by atoms with Gasteiger partial charge in [-0.1, -0.05) is 6.92 Å². The minimum absolute atomic E-state index is 0.0335. The van der Waals surface area contributed by atoms with Crippen LogP contribution >= 0.6 is 0 Å². The summed E-state index contributed by atoms with van der Waals surface area (Å²) in [5.41, 5.74) is -1.01. The number of ether oxygens (including phenoxy) is 4. The van der Waals surface area contributed by atoms with Crippen molar-refractivity contribution in [1.82, 2.24) is 0 Å². The molecule has 0 spiro atoms. The molecule has 21 heavy (non-hydrogen) atoms. The fourth-order valence-corrected chi connectivity index (χ4v) is 3.19. The Morgan fingerprint density at radius 1 is 1.33 bits per heavy atom. The van der Waals surface area contributed by atoms with E-state index < -0.39 is 11.9 Å². The van der Waals surface area contributed by atoms with Crippen molar-refractivity contribution in [2.24, 2.45) is 5.92 Å². The van der Waals surface area contributed by atoms with Gasteiger partial charge in [0.05, 0.1) is 26.4 Å². The summed E-state index contributed by atoms with van der Waals surface area (Å²) in [6.45, 7) is 3.23. The Kier molecular flexibility index (Phi) is 5.98. The highest BCUT2D eigenvalue weighted by atomic mass is 16.7. The van der Waals surface area contributed by atoms with Crippen molar-refractivity contribution < 1.29 is 28.8 Å². The van der Waals surface area contributed by atoms with E-state index >= 15 is 0 Å². The predicted molar refractivity (Wildman–Crippen MR) is 74.6 cm³/mol. The number of hydrogen-bond acceptors (Lipinski definition) is 6. The lowest BCUT2D eigenvalue weighted by Crippen LogP contribution is -2.55. The molecule has 0 amide bonds. The minimum Gasteiger partial charge on any atom is -0.467 e. The summed E-state index contributed by atoms with van der Waals surface area (Å²) in [5.74, 6) is -0.314. The average molecular weight is 302 g/mol. The van der Waals surface area contributed by atoms with E-state index in [-0.39, 0.29) is 24.6 Å². The van der Waals surface area contributed by atoms with Crippen LogP contribution in [0.4, 0.5) is 0 Å². The Hall–Kier alpha value is -0.690. The van der Waals surface area contributed by atoms with Gasteiger partial charge in [-0.05, 0) is 31.6 Å². The molecular weight excluding hydrogens is 276 g/mol. The van der Waals surface area contributed by atoms with Crippen LogP contribution in [0.15, 0.2) is 0 Å². The maximum atomic E-state index is 12.4. The molecule has 6 heteroatoms. The lowest BCUT2D eigenvalue weighted by molar-refractivity contribution is -0.218. The van der Waals surface area contributed by atoms with Crippen molar-refractivity contribution in [1.29, 1.82) is 0 Å². The SMILES string of the molecule is COC(=O)C1(CC2OCCO2)OC(CCCO)CCC1C. The predicted octanol–water partition coefficient (Wildman–Crippen LogP) is 1.25. The van der Waals surface area contributed by atoms with E-state index in [0.29, 0.717) is 26.1 Å². The fraction of sp³-hybridized carbons (Fsp3) is 0.933. The summed E-state index contributed by atoms with van der Waals surface area (Å²) in [5, 5.41) is 8.98. The second kappa shape index (κ2) is 7.54. The highest BCUT2D eigenvalue weighted by molar-refractivity contribution is 5.80. The molecule has 2 rings (SSSR count). The maximum Gasteiger partial charge on any atom is 0.338 e. The molecule has 2 saturated heterocycles. The van der Waals surface area contributed by atoms with Gasteiger partial charge in [0.1, 0.15) is 0 Å². The van der Waals surface area contributed by atoms with Crippen molar-refractivity contribution in [2.45, 2.75) is 57.0 Å². The van der Waals surface area contributed by atoms with Crippen LogP contribution in [-0.4, -0.2) is 56.0 Å². The Labute approximate surface area is 125 Å². The number of rotatable bonds is 6. The Morgan fingerprint density at radius 2 is 2.05 bits per heavy atom. The molecule has 0 aromatic heterocycles. The summed E-state index contributed by atoms with van der Waals surface area (Å²) >= 11 is 0. The smallest absolute Gasteiger partial charge is 0.338 e. The van der Waals surface area contributed by atoms with Crippen LogP contribution in [0.2, 0.25) is 0 Å². The van der Waals surface area contributed by atoms with Crippen LogP contribution in [0.25, 0.3) is 0 Å². The standard InChI is InChI=1S/C15H26O6/c1-11-5-6-12(4-3-7-16)21-15(11,14(17)18-2)10-13-19-8-9-20-13/h11-13,16H,3-10H2,1-2H3. The van der Waals surface area contributed by atoms with Gasteiger partial charge in [0.25, 0.3) is 0 Å². The first-order valence-corrected chi connectivity index (χ1v) is 7.72. The van der Waals surface area contributed by atoms with Crippen molar-refractivity contribution in [3.05, 3.63) is 0 Å². The van der Waals surface area contributed by atoms with Crippen molar-refractivity contribution in [3.63, 3.8) is 0 Å². The summed E-state index contributed by atoms with van der Waals surface area (Å²) in [7, 11) is 1.38. The van der Waals surface area contributed by atoms with Gasteiger partial charge in [0.15, 0.2) is 11.9 Å². The van der Waals surface area contributed by atoms with Gasteiger partial charge in [-0.25, -0.2) is 4.79 Å². The van der Waals surface area contributed by atoms with Crippen molar-refractivity contribution >= 4 is 5.97 Å². The number of carbonyl (C=O) groups excluding carboxylic acids is 1. The third-order valence-corrected chi connectivity index (χ3v) is 4.47. The highest BCUT2D eigenvalue weighted by Crippen LogP contribution is 2.40. The molecule has 0 bridgehead atoms. The van der Waals surface area contributed by atoms with Gasteiger partial charge in [-0.2, -0.15) is 0 Å². The van der Waals surface area contributed by atoms with E-state index in [1.807, 2.05) is 6.92 Å². The van der Waals surface area contributed by atoms with E-state index in [0.717, 1.165) is 19.3 Å². The molecule has 0 aromatic rings. The average Bonchev–Trinajstić information content (AvgIpc) is 3.00. The second-order valence-corrected chi connectivity index (χ2v) is 5.84. The molecule has 3 atom stereocenters. The van der Waals surface area contributed by atoms with E-state index in [1.54, 1.807) is 0 Å².